The number of carbonyl (C=O) groups excluding carboxylic acids is 2. The minimum absolute atomic E-state index is 0.0620. The predicted molar refractivity (Wildman–Crippen MR) is 129 cm³/mol. The first kappa shape index (κ1) is 25.1. The van der Waals surface area contributed by atoms with Gasteiger partial charge in [0, 0.05) is 24.2 Å². The first-order valence-corrected chi connectivity index (χ1v) is 11.8. The fraction of sp³-hybridized carbons (Fsp3) is 0.296. The van der Waals surface area contributed by atoms with E-state index in [2.05, 4.69) is 10.6 Å². The molecule has 1 saturated carbocycles. The topological polar surface area (TPSA) is 105 Å². The third kappa shape index (κ3) is 5.97. The lowest BCUT2D eigenvalue weighted by molar-refractivity contribution is -0.143. The number of aliphatic carboxylic acids is 1. The fourth-order valence-corrected chi connectivity index (χ4v) is 4.28. The normalized spacial score (nSPS) is 17.4. The summed E-state index contributed by atoms with van der Waals surface area (Å²) in [6.07, 6.45) is 1.02. The lowest BCUT2D eigenvalue weighted by Gasteiger charge is -2.27. The van der Waals surface area contributed by atoms with Crippen molar-refractivity contribution in [3.63, 3.8) is 0 Å². The molecule has 4 rings (SSSR count). The molecule has 0 radical (unpaired) electrons. The van der Waals surface area contributed by atoms with Crippen molar-refractivity contribution in [3.05, 3.63) is 77.4 Å². The van der Waals surface area contributed by atoms with Gasteiger partial charge < -0.3 is 20.5 Å². The second kappa shape index (κ2) is 11.2. The number of carbonyl (C=O) groups is 3. The number of ether oxygens (including phenoxy) is 1. The second-order valence-electron chi connectivity index (χ2n) is 8.77. The van der Waals surface area contributed by atoms with Crippen LogP contribution >= 0.6 is 0 Å². The maximum Gasteiger partial charge on any atom is 0.306 e. The van der Waals surface area contributed by atoms with E-state index in [0.29, 0.717) is 31.2 Å². The third-order valence-electron chi connectivity index (χ3n) is 6.28. The molecule has 1 fully saturated rings. The highest BCUT2D eigenvalue weighted by atomic mass is 19.1. The number of hydrogen-bond donors (Lipinski definition) is 3. The minimum atomic E-state index is -1.01. The SMILES string of the molecule is O=C(NCCNC(=O)c1ccc2ccccc2c1)c1cc(F)c(O[C@H]2CC[C@@H](C(=O)O)CC2)c(F)c1. The predicted octanol–water partition coefficient (Wildman–Crippen LogP) is 4.30. The van der Waals surface area contributed by atoms with Crippen molar-refractivity contribution < 1.29 is 33.0 Å². The largest absolute Gasteiger partial charge is 0.484 e. The maximum absolute atomic E-state index is 14.5. The average Bonchev–Trinajstić information content (AvgIpc) is 2.88. The minimum Gasteiger partial charge on any atom is -0.484 e. The molecule has 1 aliphatic rings. The highest BCUT2D eigenvalue weighted by Crippen LogP contribution is 2.31. The van der Waals surface area contributed by atoms with Crippen molar-refractivity contribution in [2.24, 2.45) is 5.92 Å². The van der Waals surface area contributed by atoms with Gasteiger partial charge in [0.05, 0.1) is 12.0 Å². The smallest absolute Gasteiger partial charge is 0.306 e. The summed E-state index contributed by atoms with van der Waals surface area (Å²) >= 11 is 0. The van der Waals surface area contributed by atoms with Gasteiger partial charge in [0.15, 0.2) is 17.4 Å². The van der Waals surface area contributed by atoms with E-state index < -0.39 is 41.3 Å². The Labute approximate surface area is 206 Å². The Morgan fingerprint density at radius 3 is 2.00 bits per heavy atom. The number of halogens is 2. The Balaban J connectivity index is 1.27. The van der Waals surface area contributed by atoms with Gasteiger partial charge in [-0.25, -0.2) is 8.78 Å². The van der Waals surface area contributed by atoms with Crippen molar-refractivity contribution in [2.75, 3.05) is 13.1 Å². The van der Waals surface area contributed by atoms with E-state index in [1.165, 1.54) is 0 Å². The van der Waals surface area contributed by atoms with Gasteiger partial charge in [-0.15, -0.1) is 0 Å². The zero-order chi connectivity index (χ0) is 25.7. The Morgan fingerprint density at radius 2 is 1.39 bits per heavy atom. The van der Waals surface area contributed by atoms with Crippen LogP contribution in [-0.4, -0.2) is 42.1 Å². The Morgan fingerprint density at radius 1 is 0.806 bits per heavy atom. The van der Waals surface area contributed by atoms with Crippen LogP contribution in [0.1, 0.15) is 46.4 Å². The summed E-state index contributed by atoms with van der Waals surface area (Å²) in [6.45, 7) is 0.190. The Hall–Kier alpha value is -4.01. The number of benzene rings is 3. The van der Waals surface area contributed by atoms with Crippen molar-refractivity contribution >= 4 is 28.6 Å². The molecule has 9 heteroatoms. The molecule has 1 aliphatic carbocycles. The third-order valence-corrected chi connectivity index (χ3v) is 6.28. The van der Waals surface area contributed by atoms with Crippen LogP contribution in [0.2, 0.25) is 0 Å². The van der Waals surface area contributed by atoms with Crippen LogP contribution in [0.15, 0.2) is 54.6 Å². The number of nitrogens with one attached hydrogen (secondary N) is 2. The molecular formula is C27H26F2N2O5. The van der Waals surface area contributed by atoms with E-state index in [4.69, 9.17) is 9.84 Å². The van der Waals surface area contributed by atoms with E-state index in [9.17, 15) is 23.2 Å². The summed E-state index contributed by atoms with van der Waals surface area (Å²) in [5.74, 6) is -4.94. The molecule has 0 bridgehead atoms. The lowest BCUT2D eigenvalue weighted by atomic mass is 9.87. The van der Waals surface area contributed by atoms with E-state index in [1.54, 1.807) is 12.1 Å². The molecule has 2 amide bonds. The van der Waals surface area contributed by atoms with Crippen molar-refractivity contribution in [1.82, 2.24) is 10.6 Å². The van der Waals surface area contributed by atoms with Gasteiger partial charge in [-0.2, -0.15) is 0 Å². The van der Waals surface area contributed by atoms with Crippen molar-refractivity contribution in [2.45, 2.75) is 31.8 Å². The van der Waals surface area contributed by atoms with Crippen LogP contribution in [-0.2, 0) is 4.79 Å². The molecule has 0 atom stereocenters. The molecule has 0 aliphatic heterocycles. The van der Waals surface area contributed by atoms with Crippen LogP contribution in [0.4, 0.5) is 8.78 Å². The fourth-order valence-electron chi connectivity index (χ4n) is 4.28. The van der Waals surface area contributed by atoms with Gasteiger partial charge in [0.25, 0.3) is 11.8 Å². The van der Waals surface area contributed by atoms with Crippen molar-refractivity contribution in [3.8, 4) is 5.75 Å². The van der Waals surface area contributed by atoms with E-state index in [-0.39, 0.29) is 24.6 Å². The van der Waals surface area contributed by atoms with Crippen molar-refractivity contribution in [1.29, 1.82) is 0 Å². The lowest BCUT2D eigenvalue weighted by Crippen LogP contribution is -2.34. The molecule has 3 aromatic rings. The van der Waals surface area contributed by atoms with Crippen LogP contribution < -0.4 is 15.4 Å². The monoisotopic (exact) mass is 496 g/mol. The zero-order valence-electron chi connectivity index (χ0n) is 19.4. The summed E-state index contributed by atoms with van der Waals surface area (Å²) in [5, 5.41) is 16.2. The average molecular weight is 497 g/mol. The van der Waals surface area contributed by atoms with E-state index in [1.807, 2.05) is 30.3 Å². The number of hydrogen-bond acceptors (Lipinski definition) is 4. The zero-order valence-corrected chi connectivity index (χ0v) is 19.4. The van der Waals surface area contributed by atoms with Gasteiger partial charge in [0.2, 0.25) is 0 Å². The van der Waals surface area contributed by atoms with E-state index >= 15 is 0 Å². The Kier molecular flexibility index (Phi) is 7.77. The highest BCUT2D eigenvalue weighted by molar-refractivity contribution is 5.98. The molecule has 0 unspecified atom stereocenters. The second-order valence-corrected chi connectivity index (χ2v) is 8.77. The van der Waals surface area contributed by atoms with Gasteiger partial charge >= 0.3 is 5.97 Å². The highest BCUT2D eigenvalue weighted by Gasteiger charge is 2.28. The maximum atomic E-state index is 14.5. The van der Waals surface area contributed by atoms with E-state index in [0.717, 1.165) is 22.9 Å². The summed E-state index contributed by atoms with van der Waals surface area (Å²) in [6, 6.07) is 14.8. The van der Waals surface area contributed by atoms with Gasteiger partial charge in [0.1, 0.15) is 0 Å². The quantitative estimate of drug-likeness (QED) is 0.404. The number of fused-ring (bicyclic) bond motifs is 1. The standard InChI is InChI=1S/C27H26F2N2O5/c28-22-14-20(15-23(29)24(22)36-21-9-7-17(8-10-21)27(34)35)26(33)31-12-11-30-25(32)19-6-5-16-3-1-2-4-18(16)13-19/h1-6,13-15,17,21H,7-12H2,(H,30,32)(H,31,33)(H,34,35)/t17-,21+. The molecule has 0 heterocycles. The number of carboxylic acid groups (broad SMARTS) is 1. The van der Waals surface area contributed by atoms with Crippen LogP contribution in [0.3, 0.4) is 0 Å². The molecular weight excluding hydrogens is 470 g/mol. The van der Waals surface area contributed by atoms with Gasteiger partial charge in [-0.3, -0.25) is 14.4 Å². The first-order valence-electron chi connectivity index (χ1n) is 11.8. The summed E-state index contributed by atoms with van der Waals surface area (Å²) in [5.41, 5.74) is 0.268. The number of amides is 2. The summed E-state index contributed by atoms with van der Waals surface area (Å²) in [4.78, 5) is 35.8. The molecule has 188 valence electrons. The summed E-state index contributed by atoms with van der Waals surface area (Å²) < 4.78 is 34.5. The molecule has 0 saturated heterocycles. The van der Waals surface area contributed by atoms with Gasteiger partial charge in [-0.05, 0) is 60.7 Å². The molecule has 36 heavy (non-hydrogen) atoms. The molecule has 7 nitrogen and oxygen atoms in total. The molecule has 3 aromatic carbocycles. The molecule has 0 aromatic heterocycles. The number of rotatable bonds is 8. The molecule has 3 N–H and O–H groups in total. The Bertz CT molecular complexity index is 1270. The summed E-state index contributed by atoms with van der Waals surface area (Å²) in [7, 11) is 0. The molecule has 0 spiro atoms. The van der Waals surface area contributed by atoms with Crippen LogP contribution in [0.5, 0.6) is 5.75 Å². The first-order chi connectivity index (χ1) is 17.3. The van der Waals surface area contributed by atoms with Crippen LogP contribution in [0, 0.1) is 17.6 Å². The van der Waals surface area contributed by atoms with Crippen LogP contribution in [0.25, 0.3) is 10.8 Å². The number of carboxylic acids is 1. The van der Waals surface area contributed by atoms with Gasteiger partial charge in [-0.1, -0.05) is 30.3 Å².